The second kappa shape index (κ2) is 10.8. The van der Waals surface area contributed by atoms with Crippen LogP contribution in [-0.4, -0.2) is 42.3 Å². The zero-order chi connectivity index (χ0) is 27.6. The number of carbonyl (C=O) groups is 3. The average molecular weight is 511 g/mol. The molecule has 0 aromatic heterocycles. The number of hydrogen-bond donors (Lipinski definition) is 1. The molecule has 1 aliphatic rings. The second-order valence-corrected chi connectivity index (χ2v) is 10.0. The van der Waals surface area contributed by atoms with E-state index in [1.165, 1.54) is 32.0 Å². The summed E-state index contributed by atoms with van der Waals surface area (Å²) in [6.45, 7) is 11.4. The summed E-state index contributed by atoms with van der Waals surface area (Å²) < 4.78 is 52.3. The highest BCUT2D eigenvalue weighted by Crippen LogP contribution is 2.44. The van der Waals surface area contributed by atoms with Crippen LogP contribution in [0, 0.1) is 11.8 Å². The molecular formula is C26H33F3N2O5. The van der Waals surface area contributed by atoms with Crippen molar-refractivity contribution >= 4 is 23.6 Å². The lowest BCUT2D eigenvalue weighted by Gasteiger charge is -2.34. The highest BCUT2D eigenvalue weighted by Gasteiger charge is 2.46. The number of benzene rings is 1. The Morgan fingerprint density at radius 3 is 2.14 bits per heavy atom. The molecule has 0 aliphatic carbocycles. The third-order valence-electron chi connectivity index (χ3n) is 5.74. The minimum absolute atomic E-state index is 0.138. The number of ether oxygens (including phenoxy) is 2. The van der Waals surface area contributed by atoms with Gasteiger partial charge in [-0.05, 0) is 52.2 Å². The normalized spacial score (nSPS) is 19.5. The number of rotatable bonds is 6. The monoisotopic (exact) mass is 510 g/mol. The standard InChI is InChI=1S/C26H33F3N2O5/c1-13(2)21(24(34)36-25(5,6)7)31-22(32)18-14(3)30-15(4)19(23(33)35-8)20(18)16-11-9-10-12-17(16)26(27,28)29/h9-13,19-21H,1-8H3,(H,31,32)/t19?,20?,21-/m0/s1. The third-order valence-corrected chi connectivity index (χ3v) is 5.74. The number of allylic oxidation sites excluding steroid dienone is 1. The molecule has 1 heterocycles. The zero-order valence-corrected chi connectivity index (χ0v) is 21.7. The molecule has 1 aliphatic heterocycles. The summed E-state index contributed by atoms with van der Waals surface area (Å²) in [6.07, 6.45) is -4.74. The van der Waals surface area contributed by atoms with E-state index in [0.717, 1.165) is 13.2 Å². The van der Waals surface area contributed by atoms with Gasteiger partial charge in [-0.15, -0.1) is 0 Å². The molecule has 1 aromatic carbocycles. The van der Waals surface area contributed by atoms with Gasteiger partial charge >= 0.3 is 18.1 Å². The largest absolute Gasteiger partial charge is 0.468 e. The van der Waals surface area contributed by atoms with Crippen molar-refractivity contribution in [1.29, 1.82) is 0 Å². The molecule has 0 spiro atoms. The van der Waals surface area contributed by atoms with Gasteiger partial charge in [0.25, 0.3) is 0 Å². The molecule has 3 atom stereocenters. The van der Waals surface area contributed by atoms with Gasteiger partial charge in [-0.3, -0.25) is 14.6 Å². The number of aliphatic imine (C=N–C) groups is 1. The van der Waals surface area contributed by atoms with Crippen LogP contribution >= 0.6 is 0 Å². The topological polar surface area (TPSA) is 94.1 Å². The van der Waals surface area contributed by atoms with E-state index in [4.69, 9.17) is 9.47 Å². The predicted octanol–water partition coefficient (Wildman–Crippen LogP) is 4.81. The maximum atomic E-state index is 14.0. The minimum atomic E-state index is -4.74. The summed E-state index contributed by atoms with van der Waals surface area (Å²) in [5, 5.41) is 2.62. The Morgan fingerprint density at radius 2 is 1.64 bits per heavy atom. The predicted molar refractivity (Wildman–Crippen MR) is 128 cm³/mol. The van der Waals surface area contributed by atoms with Crippen LogP contribution in [0.2, 0.25) is 0 Å². The first kappa shape index (κ1) is 29.1. The molecular weight excluding hydrogens is 477 g/mol. The number of nitrogens with zero attached hydrogens (tertiary/aromatic N) is 1. The van der Waals surface area contributed by atoms with Crippen LogP contribution in [0.25, 0.3) is 0 Å². The van der Waals surface area contributed by atoms with E-state index in [9.17, 15) is 27.6 Å². The second-order valence-electron chi connectivity index (χ2n) is 10.0. The van der Waals surface area contributed by atoms with E-state index in [-0.39, 0.29) is 22.5 Å². The molecule has 36 heavy (non-hydrogen) atoms. The van der Waals surface area contributed by atoms with E-state index in [1.54, 1.807) is 34.6 Å². The lowest BCUT2D eigenvalue weighted by Crippen LogP contribution is -2.49. The number of carbonyl (C=O) groups excluding carboxylic acids is 3. The molecule has 0 saturated carbocycles. The Morgan fingerprint density at radius 1 is 1.06 bits per heavy atom. The van der Waals surface area contributed by atoms with E-state index in [1.807, 2.05) is 0 Å². The minimum Gasteiger partial charge on any atom is -0.468 e. The highest BCUT2D eigenvalue weighted by molar-refractivity contribution is 6.08. The Balaban J connectivity index is 2.68. The van der Waals surface area contributed by atoms with Crippen molar-refractivity contribution in [2.45, 2.75) is 72.2 Å². The maximum absolute atomic E-state index is 14.0. The zero-order valence-electron chi connectivity index (χ0n) is 21.7. The Kier molecular flexibility index (Phi) is 8.75. The number of hydrogen-bond acceptors (Lipinski definition) is 6. The van der Waals surface area contributed by atoms with Crippen molar-refractivity contribution in [3.63, 3.8) is 0 Å². The first-order valence-electron chi connectivity index (χ1n) is 11.5. The Labute approximate surface area is 209 Å². The molecule has 0 fully saturated rings. The Hall–Kier alpha value is -3.17. The van der Waals surface area contributed by atoms with Gasteiger partial charge in [0, 0.05) is 22.9 Å². The fraction of sp³-hybridized carbons (Fsp3) is 0.538. The summed E-state index contributed by atoms with van der Waals surface area (Å²) in [7, 11) is 1.12. The van der Waals surface area contributed by atoms with Gasteiger partial charge in [0.1, 0.15) is 17.6 Å². The molecule has 1 amide bonds. The van der Waals surface area contributed by atoms with Crippen molar-refractivity contribution in [1.82, 2.24) is 5.32 Å². The van der Waals surface area contributed by atoms with Crippen molar-refractivity contribution in [3.05, 3.63) is 46.7 Å². The van der Waals surface area contributed by atoms with Gasteiger partial charge < -0.3 is 14.8 Å². The molecule has 2 unspecified atom stereocenters. The summed E-state index contributed by atoms with van der Waals surface area (Å²) in [5.74, 6) is -5.35. The van der Waals surface area contributed by atoms with E-state index >= 15 is 0 Å². The molecule has 1 N–H and O–H groups in total. The van der Waals surface area contributed by atoms with Gasteiger partial charge in [0.15, 0.2) is 0 Å². The van der Waals surface area contributed by atoms with Crippen molar-refractivity contribution in [2.24, 2.45) is 16.8 Å². The van der Waals surface area contributed by atoms with Gasteiger partial charge in [-0.2, -0.15) is 13.2 Å². The fourth-order valence-corrected chi connectivity index (χ4v) is 4.21. The summed E-state index contributed by atoms with van der Waals surface area (Å²) in [4.78, 5) is 43.5. The maximum Gasteiger partial charge on any atom is 0.416 e. The molecule has 7 nitrogen and oxygen atoms in total. The highest BCUT2D eigenvalue weighted by atomic mass is 19.4. The van der Waals surface area contributed by atoms with Crippen LogP contribution in [-0.2, 0) is 30.0 Å². The number of esters is 2. The number of nitrogens with one attached hydrogen (secondary N) is 1. The summed E-state index contributed by atoms with van der Waals surface area (Å²) in [5.41, 5.74) is -1.87. The molecule has 0 saturated heterocycles. The molecule has 10 heteroatoms. The molecule has 198 valence electrons. The van der Waals surface area contributed by atoms with Crippen LogP contribution in [0.4, 0.5) is 13.2 Å². The average Bonchev–Trinajstić information content (AvgIpc) is 2.74. The number of methoxy groups -OCH3 is 1. The fourth-order valence-electron chi connectivity index (χ4n) is 4.21. The van der Waals surface area contributed by atoms with Crippen LogP contribution in [0.1, 0.15) is 65.5 Å². The van der Waals surface area contributed by atoms with Crippen LogP contribution in [0.15, 0.2) is 40.5 Å². The smallest absolute Gasteiger partial charge is 0.416 e. The lowest BCUT2D eigenvalue weighted by atomic mass is 9.73. The van der Waals surface area contributed by atoms with Crippen LogP contribution < -0.4 is 5.32 Å². The number of amides is 1. The van der Waals surface area contributed by atoms with Gasteiger partial charge in [-0.25, -0.2) is 4.79 Å². The molecule has 1 aromatic rings. The Bertz CT molecular complexity index is 1080. The SMILES string of the molecule is COC(=O)C1C(C)=NC(C)=C(C(=O)N[C@H](C(=O)OC(C)(C)C)C(C)C)C1c1ccccc1C(F)(F)F. The summed E-state index contributed by atoms with van der Waals surface area (Å²) in [6, 6.07) is 3.68. The molecule has 0 radical (unpaired) electrons. The van der Waals surface area contributed by atoms with Gasteiger partial charge in [0.2, 0.25) is 5.91 Å². The number of alkyl halides is 3. The summed E-state index contributed by atoms with van der Waals surface area (Å²) >= 11 is 0. The van der Waals surface area contributed by atoms with Gasteiger partial charge in [-0.1, -0.05) is 32.0 Å². The van der Waals surface area contributed by atoms with Gasteiger partial charge in [0.05, 0.1) is 12.7 Å². The first-order valence-corrected chi connectivity index (χ1v) is 11.5. The lowest BCUT2D eigenvalue weighted by molar-refractivity contribution is -0.159. The molecule has 2 rings (SSSR count). The first-order chi connectivity index (χ1) is 16.5. The van der Waals surface area contributed by atoms with E-state index in [0.29, 0.717) is 0 Å². The van der Waals surface area contributed by atoms with E-state index < -0.39 is 59.0 Å². The van der Waals surface area contributed by atoms with Crippen LogP contribution in [0.3, 0.4) is 0 Å². The third kappa shape index (κ3) is 6.53. The van der Waals surface area contributed by atoms with Crippen LogP contribution in [0.5, 0.6) is 0 Å². The quantitative estimate of drug-likeness (QED) is 0.555. The number of halogens is 3. The van der Waals surface area contributed by atoms with Crippen molar-refractivity contribution in [3.8, 4) is 0 Å². The van der Waals surface area contributed by atoms with Crippen molar-refractivity contribution in [2.75, 3.05) is 7.11 Å². The van der Waals surface area contributed by atoms with Crippen molar-refractivity contribution < 1.29 is 37.0 Å². The molecule has 0 bridgehead atoms. The van der Waals surface area contributed by atoms with E-state index in [2.05, 4.69) is 10.3 Å².